The van der Waals surface area contributed by atoms with Crippen molar-refractivity contribution in [1.82, 2.24) is 14.8 Å². The second kappa shape index (κ2) is 4.95. The molecule has 0 radical (unpaired) electrons. The molecule has 5 nitrogen and oxygen atoms in total. The standard InChI is InChI=1S/C12H12FN3O2/c1-3-16-11(10(18-2)7-15-16)12(17)8-4-9(13)6-14-5-8/h4-7H,3H2,1-2H3. The van der Waals surface area contributed by atoms with Crippen molar-refractivity contribution in [2.24, 2.45) is 0 Å². The molecule has 0 aliphatic heterocycles. The quantitative estimate of drug-likeness (QED) is 0.773. The van der Waals surface area contributed by atoms with Gasteiger partial charge in [0, 0.05) is 18.3 Å². The average molecular weight is 249 g/mol. The van der Waals surface area contributed by atoms with Crippen LogP contribution in [-0.2, 0) is 6.54 Å². The third-order valence-electron chi connectivity index (χ3n) is 2.51. The van der Waals surface area contributed by atoms with E-state index in [4.69, 9.17) is 4.74 Å². The summed E-state index contributed by atoms with van der Waals surface area (Å²) in [6.07, 6.45) is 3.83. The summed E-state index contributed by atoms with van der Waals surface area (Å²) in [4.78, 5) is 15.9. The Morgan fingerprint density at radius 1 is 1.44 bits per heavy atom. The number of ether oxygens (including phenoxy) is 1. The van der Waals surface area contributed by atoms with E-state index in [9.17, 15) is 9.18 Å². The molecule has 0 amide bonds. The van der Waals surface area contributed by atoms with Gasteiger partial charge in [0.1, 0.15) is 5.82 Å². The minimum Gasteiger partial charge on any atom is -0.493 e. The molecule has 2 aromatic heterocycles. The molecule has 2 rings (SSSR count). The van der Waals surface area contributed by atoms with Gasteiger partial charge in [0.2, 0.25) is 5.78 Å². The van der Waals surface area contributed by atoms with E-state index in [1.54, 1.807) is 0 Å². The van der Waals surface area contributed by atoms with E-state index in [0.717, 1.165) is 12.3 Å². The smallest absolute Gasteiger partial charge is 0.216 e. The van der Waals surface area contributed by atoms with E-state index in [2.05, 4.69) is 10.1 Å². The highest BCUT2D eigenvalue weighted by atomic mass is 19.1. The number of aryl methyl sites for hydroxylation is 1. The van der Waals surface area contributed by atoms with Gasteiger partial charge in [-0.3, -0.25) is 14.5 Å². The highest BCUT2D eigenvalue weighted by Crippen LogP contribution is 2.21. The number of hydrogen-bond donors (Lipinski definition) is 0. The Bertz CT molecular complexity index is 559. The fourth-order valence-corrected chi connectivity index (χ4v) is 1.66. The van der Waals surface area contributed by atoms with Gasteiger partial charge in [-0.15, -0.1) is 0 Å². The Hall–Kier alpha value is -2.24. The normalized spacial score (nSPS) is 10.4. The molecule has 6 heteroatoms. The van der Waals surface area contributed by atoms with Crippen LogP contribution in [0.25, 0.3) is 0 Å². The topological polar surface area (TPSA) is 57.0 Å². The van der Waals surface area contributed by atoms with Crippen LogP contribution in [0.3, 0.4) is 0 Å². The maximum Gasteiger partial charge on any atom is 0.216 e. The summed E-state index contributed by atoms with van der Waals surface area (Å²) in [5.41, 5.74) is 0.468. The van der Waals surface area contributed by atoms with Gasteiger partial charge in [-0.1, -0.05) is 0 Å². The first-order valence-corrected chi connectivity index (χ1v) is 5.42. The minimum absolute atomic E-state index is 0.170. The van der Waals surface area contributed by atoms with E-state index < -0.39 is 5.82 Å². The zero-order chi connectivity index (χ0) is 13.1. The van der Waals surface area contributed by atoms with Crippen LogP contribution in [0.1, 0.15) is 23.0 Å². The van der Waals surface area contributed by atoms with Crippen molar-refractivity contribution in [2.75, 3.05) is 7.11 Å². The van der Waals surface area contributed by atoms with Crippen LogP contribution in [0.2, 0.25) is 0 Å². The predicted molar refractivity (Wildman–Crippen MR) is 62.1 cm³/mol. The second-order valence-corrected chi connectivity index (χ2v) is 3.60. The van der Waals surface area contributed by atoms with Gasteiger partial charge < -0.3 is 4.74 Å². The van der Waals surface area contributed by atoms with Crippen molar-refractivity contribution in [3.8, 4) is 5.75 Å². The zero-order valence-electron chi connectivity index (χ0n) is 10.1. The van der Waals surface area contributed by atoms with E-state index in [1.165, 1.54) is 24.2 Å². The first-order chi connectivity index (χ1) is 8.67. The fourth-order valence-electron chi connectivity index (χ4n) is 1.66. The van der Waals surface area contributed by atoms with E-state index >= 15 is 0 Å². The molecule has 0 saturated heterocycles. The summed E-state index contributed by atoms with van der Waals surface area (Å²) in [6.45, 7) is 2.38. The van der Waals surface area contributed by atoms with Crippen LogP contribution in [0.4, 0.5) is 4.39 Å². The number of carbonyl (C=O) groups is 1. The summed E-state index contributed by atoms with van der Waals surface area (Å²) >= 11 is 0. The molecule has 0 aliphatic carbocycles. The van der Waals surface area contributed by atoms with Gasteiger partial charge in [-0.05, 0) is 13.0 Å². The van der Waals surface area contributed by atoms with Gasteiger partial charge in [0.15, 0.2) is 11.4 Å². The van der Waals surface area contributed by atoms with Crippen LogP contribution in [0, 0.1) is 5.82 Å². The number of nitrogens with zero attached hydrogens (tertiary/aromatic N) is 3. The van der Waals surface area contributed by atoms with Crippen LogP contribution < -0.4 is 4.74 Å². The number of carbonyl (C=O) groups excluding carboxylic acids is 1. The molecule has 0 spiro atoms. The number of pyridine rings is 1. The third kappa shape index (κ3) is 2.09. The van der Waals surface area contributed by atoms with E-state index in [0.29, 0.717) is 18.0 Å². The highest BCUT2D eigenvalue weighted by Gasteiger charge is 2.20. The van der Waals surface area contributed by atoms with E-state index in [-0.39, 0.29) is 11.3 Å². The molecule has 0 saturated carbocycles. The van der Waals surface area contributed by atoms with Gasteiger partial charge in [0.05, 0.1) is 19.5 Å². The van der Waals surface area contributed by atoms with Crippen LogP contribution >= 0.6 is 0 Å². The third-order valence-corrected chi connectivity index (χ3v) is 2.51. The minimum atomic E-state index is -0.553. The van der Waals surface area contributed by atoms with Crippen molar-refractivity contribution in [3.05, 3.63) is 41.7 Å². The van der Waals surface area contributed by atoms with Gasteiger partial charge in [-0.2, -0.15) is 5.10 Å². The molecule has 0 aromatic carbocycles. The number of aromatic nitrogens is 3. The summed E-state index contributed by atoms with van der Waals surface area (Å²) in [5.74, 6) is -0.549. The monoisotopic (exact) mass is 249 g/mol. The molecule has 0 atom stereocenters. The lowest BCUT2D eigenvalue weighted by atomic mass is 10.1. The first kappa shape index (κ1) is 12.2. The Kier molecular flexibility index (Phi) is 3.36. The number of ketones is 1. The Morgan fingerprint density at radius 3 is 2.83 bits per heavy atom. The average Bonchev–Trinajstić information content (AvgIpc) is 2.80. The van der Waals surface area contributed by atoms with Crippen molar-refractivity contribution >= 4 is 5.78 Å². The molecule has 0 N–H and O–H groups in total. The maximum atomic E-state index is 13.1. The van der Waals surface area contributed by atoms with Crippen molar-refractivity contribution < 1.29 is 13.9 Å². The lowest BCUT2D eigenvalue weighted by Gasteiger charge is -2.06. The molecule has 0 aliphatic rings. The number of hydrogen-bond acceptors (Lipinski definition) is 4. The molecule has 2 aromatic rings. The summed E-state index contributed by atoms with van der Waals surface area (Å²) in [5, 5.41) is 4.03. The van der Waals surface area contributed by atoms with Crippen LogP contribution in [-0.4, -0.2) is 27.7 Å². The molecule has 0 fully saturated rings. The highest BCUT2D eigenvalue weighted by molar-refractivity contribution is 6.09. The van der Waals surface area contributed by atoms with Crippen molar-refractivity contribution in [2.45, 2.75) is 13.5 Å². The number of rotatable bonds is 4. The first-order valence-electron chi connectivity index (χ1n) is 5.42. The maximum absolute atomic E-state index is 13.1. The summed E-state index contributed by atoms with van der Waals surface area (Å²) in [7, 11) is 1.46. The van der Waals surface area contributed by atoms with Gasteiger partial charge in [0.25, 0.3) is 0 Å². The van der Waals surface area contributed by atoms with Gasteiger partial charge >= 0.3 is 0 Å². The lowest BCUT2D eigenvalue weighted by molar-refractivity contribution is 0.102. The summed E-state index contributed by atoms with van der Waals surface area (Å²) < 4.78 is 19.7. The Balaban J connectivity index is 2.48. The SMILES string of the molecule is CCn1ncc(OC)c1C(=O)c1cncc(F)c1. The number of halogens is 1. The molecular formula is C12H12FN3O2. The predicted octanol–water partition coefficient (Wildman–Crippen LogP) is 1.68. The summed E-state index contributed by atoms with van der Waals surface area (Å²) in [6, 6.07) is 1.14. The second-order valence-electron chi connectivity index (χ2n) is 3.60. The van der Waals surface area contributed by atoms with Crippen LogP contribution in [0.15, 0.2) is 24.7 Å². The van der Waals surface area contributed by atoms with Crippen molar-refractivity contribution in [3.63, 3.8) is 0 Å². The fraction of sp³-hybridized carbons (Fsp3) is 0.250. The number of methoxy groups -OCH3 is 1. The van der Waals surface area contributed by atoms with Crippen LogP contribution in [0.5, 0.6) is 5.75 Å². The molecule has 2 heterocycles. The largest absolute Gasteiger partial charge is 0.493 e. The molecule has 0 bridgehead atoms. The zero-order valence-corrected chi connectivity index (χ0v) is 10.1. The Labute approximate surface area is 103 Å². The molecule has 18 heavy (non-hydrogen) atoms. The molecular weight excluding hydrogens is 237 g/mol. The van der Waals surface area contributed by atoms with E-state index in [1.807, 2.05) is 6.92 Å². The Morgan fingerprint density at radius 2 is 2.22 bits per heavy atom. The molecule has 94 valence electrons. The lowest BCUT2D eigenvalue weighted by Crippen LogP contribution is -2.12. The van der Waals surface area contributed by atoms with Gasteiger partial charge in [-0.25, -0.2) is 4.39 Å². The van der Waals surface area contributed by atoms with Crippen molar-refractivity contribution in [1.29, 1.82) is 0 Å². The molecule has 0 unspecified atom stereocenters.